The van der Waals surface area contributed by atoms with Gasteiger partial charge in [0.1, 0.15) is 0 Å². The van der Waals surface area contributed by atoms with Crippen molar-refractivity contribution >= 4 is 22.6 Å². The van der Waals surface area contributed by atoms with Gasteiger partial charge in [0.25, 0.3) is 0 Å². The summed E-state index contributed by atoms with van der Waals surface area (Å²) in [6, 6.07) is 9.93. The Hall–Kier alpha value is -0.0900. The second-order valence-corrected chi connectivity index (χ2v) is 6.74. The highest BCUT2D eigenvalue weighted by Gasteiger charge is 2.34. The molecule has 1 heterocycles. The van der Waals surface area contributed by atoms with Crippen LogP contribution in [0.25, 0.3) is 0 Å². The van der Waals surface area contributed by atoms with Crippen molar-refractivity contribution in [3.63, 3.8) is 0 Å². The molecule has 1 aromatic carbocycles. The zero-order chi connectivity index (χ0) is 11.7. The zero-order valence-corrected chi connectivity index (χ0v) is 12.4. The van der Waals surface area contributed by atoms with Crippen molar-refractivity contribution in [1.29, 1.82) is 0 Å². The molecule has 1 nitrogen and oxygen atoms in total. The lowest BCUT2D eigenvalue weighted by molar-refractivity contribution is 0.106. The van der Waals surface area contributed by atoms with E-state index in [0.29, 0.717) is 0 Å². The van der Waals surface area contributed by atoms with E-state index >= 15 is 0 Å². The number of likely N-dealkylation sites (tertiary alicyclic amines) is 1. The van der Waals surface area contributed by atoms with Crippen LogP contribution in [0.2, 0.25) is 0 Å². The molecule has 1 aliphatic heterocycles. The topological polar surface area (TPSA) is 3.24 Å². The predicted octanol–water partition coefficient (Wildman–Crippen LogP) is 4.06. The van der Waals surface area contributed by atoms with Gasteiger partial charge in [-0.25, -0.2) is 0 Å². The highest BCUT2D eigenvalue weighted by atomic mass is 127. The highest BCUT2D eigenvalue weighted by Crippen LogP contribution is 2.37. The summed E-state index contributed by atoms with van der Waals surface area (Å²) in [4.78, 5) is 2.74. The van der Waals surface area contributed by atoms with E-state index in [1.807, 2.05) is 0 Å². The molecule has 0 bridgehead atoms. The van der Waals surface area contributed by atoms with E-state index in [0.717, 1.165) is 18.5 Å². The Kier molecular flexibility index (Phi) is 3.71. The number of hydrogen-bond acceptors (Lipinski definition) is 1. The van der Waals surface area contributed by atoms with Crippen molar-refractivity contribution < 1.29 is 0 Å². The Labute approximate surface area is 118 Å². The third-order valence-electron chi connectivity index (χ3n) is 4.41. The van der Waals surface area contributed by atoms with Gasteiger partial charge < -0.3 is 0 Å². The molecule has 1 aliphatic carbocycles. The minimum atomic E-state index is 0.892. The molecule has 1 saturated carbocycles. The summed E-state index contributed by atoms with van der Waals surface area (Å²) in [6.07, 6.45) is 7.26. The van der Waals surface area contributed by atoms with E-state index < -0.39 is 0 Å². The van der Waals surface area contributed by atoms with Crippen LogP contribution in [0, 0.1) is 9.49 Å². The Balaban J connectivity index is 1.69. The lowest BCUT2D eigenvalue weighted by Crippen LogP contribution is -2.41. The van der Waals surface area contributed by atoms with Crippen molar-refractivity contribution in [1.82, 2.24) is 4.90 Å². The van der Waals surface area contributed by atoms with E-state index in [1.54, 1.807) is 0 Å². The lowest BCUT2D eigenvalue weighted by Gasteiger charge is -2.37. The first-order chi connectivity index (χ1) is 8.33. The van der Waals surface area contributed by atoms with E-state index in [4.69, 9.17) is 0 Å². The zero-order valence-electron chi connectivity index (χ0n) is 10.2. The molecule has 2 heteroatoms. The van der Waals surface area contributed by atoms with Gasteiger partial charge in [-0.3, -0.25) is 4.90 Å². The SMILES string of the molecule is Ic1ccc(CN2CCCC3CCCC32)cc1. The Morgan fingerprint density at radius 1 is 1.06 bits per heavy atom. The van der Waals surface area contributed by atoms with Gasteiger partial charge in [0.2, 0.25) is 0 Å². The van der Waals surface area contributed by atoms with Crippen LogP contribution >= 0.6 is 22.6 Å². The summed E-state index contributed by atoms with van der Waals surface area (Å²) in [7, 11) is 0. The average Bonchev–Trinajstić information content (AvgIpc) is 2.81. The first-order valence-electron chi connectivity index (χ1n) is 6.81. The van der Waals surface area contributed by atoms with Crippen molar-refractivity contribution in [2.24, 2.45) is 5.92 Å². The lowest BCUT2D eigenvalue weighted by atomic mass is 9.91. The van der Waals surface area contributed by atoms with E-state index in [1.165, 1.54) is 47.8 Å². The van der Waals surface area contributed by atoms with Gasteiger partial charge in [-0.15, -0.1) is 0 Å². The molecule has 92 valence electrons. The van der Waals surface area contributed by atoms with Crippen molar-refractivity contribution in [2.45, 2.75) is 44.7 Å². The van der Waals surface area contributed by atoms with E-state index in [-0.39, 0.29) is 0 Å². The first-order valence-corrected chi connectivity index (χ1v) is 7.89. The second-order valence-electron chi connectivity index (χ2n) is 5.50. The molecular weight excluding hydrogens is 321 g/mol. The summed E-state index contributed by atoms with van der Waals surface area (Å²) in [5.74, 6) is 1.01. The minimum Gasteiger partial charge on any atom is -0.296 e. The summed E-state index contributed by atoms with van der Waals surface area (Å²) >= 11 is 2.38. The molecular formula is C15H20IN. The van der Waals surface area contributed by atoms with Crippen LogP contribution in [0.1, 0.15) is 37.7 Å². The summed E-state index contributed by atoms with van der Waals surface area (Å²) < 4.78 is 1.34. The molecule has 2 unspecified atom stereocenters. The fraction of sp³-hybridized carbons (Fsp3) is 0.600. The fourth-order valence-corrected chi connectivity index (χ4v) is 3.94. The Morgan fingerprint density at radius 3 is 2.65 bits per heavy atom. The van der Waals surface area contributed by atoms with E-state index in [2.05, 4.69) is 51.8 Å². The maximum absolute atomic E-state index is 2.74. The predicted molar refractivity (Wildman–Crippen MR) is 79.9 cm³/mol. The van der Waals surface area contributed by atoms with Gasteiger partial charge in [0.15, 0.2) is 0 Å². The molecule has 0 aromatic heterocycles. The number of fused-ring (bicyclic) bond motifs is 1. The number of halogens is 1. The largest absolute Gasteiger partial charge is 0.296 e. The number of piperidine rings is 1. The van der Waals surface area contributed by atoms with Gasteiger partial charge >= 0.3 is 0 Å². The van der Waals surface area contributed by atoms with Crippen LogP contribution < -0.4 is 0 Å². The second kappa shape index (κ2) is 5.27. The molecule has 1 saturated heterocycles. The molecule has 1 aromatic rings. The Bertz CT molecular complexity index is 373. The average molecular weight is 341 g/mol. The van der Waals surface area contributed by atoms with Gasteiger partial charge in [-0.1, -0.05) is 18.6 Å². The van der Waals surface area contributed by atoms with Crippen LogP contribution in [0.15, 0.2) is 24.3 Å². The normalized spacial score (nSPS) is 29.2. The number of rotatable bonds is 2. The van der Waals surface area contributed by atoms with Crippen LogP contribution in [0.5, 0.6) is 0 Å². The monoisotopic (exact) mass is 341 g/mol. The van der Waals surface area contributed by atoms with Crippen LogP contribution in [-0.2, 0) is 6.54 Å². The number of benzene rings is 1. The first kappa shape index (κ1) is 12.0. The summed E-state index contributed by atoms with van der Waals surface area (Å²) in [5.41, 5.74) is 1.48. The van der Waals surface area contributed by atoms with Crippen LogP contribution in [0.4, 0.5) is 0 Å². The third-order valence-corrected chi connectivity index (χ3v) is 5.13. The van der Waals surface area contributed by atoms with Crippen molar-refractivity contribution in [3.8, 4) is 0 Å². The molecule has 0 spiro atoms. The van der Waals surface area contributed by atoms with E-state index in [9.17, 15) is 0 Å². The number of nitrogens with zero attached hydrogens (tertiary/aromatic N) is 1. The van der Waals surface area contributed by atoms with Gasteiger partial charge in [0.05, 0.1) is 0 Å². The number of hydrogen-bond donors (Lipinski definition) is 0. The fourth-order valence-electron chi connectivity index (χ4n) is 3.58. The quantitative estimate of drug-likeness (QED) is 0.734. The van der Waals surface area contributed by atoms with Gasteiger partial charge in [-0.05, 0) is 78.4 Å². The third kappa shape index (κ3) is 2.68. The summed E-state index contributed by atoms with van der Waals surface area (Å²) in [6.45, 7) is 2.48. The minimum absolute atomic E-state index is 0.892. The highest BCUT2D eigenvalue weighted by molar-refractivity contribution is 14.1. The molecule has 0 N–H and O–H groups in total. The van der Waals surface area contributed by atoms with Crippen molar-refractivity contribution in [3.05, 3.63) is 33.4 Å². The van der Waals surface area contributed by atoms with Crippen LogP contribution in [-0.4, -0.2) is 17.5 Å². The summed E-state index contributed by atoms with van der Waals surface area (Å²) in [5, 5.41) is 0. The van der Waals surface area contributed by atoms with Gasteiger partial charge in [0, 0.05) is 16.2 Å². The molecule has 3 rings (SSSR count). The Morgan fingerprint density at radius 2 is 1.82 bits per heavy atom. The van der Waals surface area contributed by atoms with Crippen molar-refractivity contribution in [2.75, 3.05) is 6.54 Å². The molecule has 2 fully saturated rings. The molecule has 17 heavy (non-hydrogen) atoms. The smallest absolute Gasteiger partial charge is 0.0236 e. The standard InChI is InChI=1S/C15H20IN/c16-14-8-6-12(7-9-14)11-17-10-2-4-13-3-1-5-15(13)17/h6-9,13,15H,1-5,10-11H2. The maximum atomic E-state index is 2.74. The molecule has 2 aliphatic rings. The molecule has 0 radical (unpaired) electrons. The van der Waals surface area contributed by atoms with Gasteiger partial charge in [-0.2, -0.15) is 0 Å². The molecule has 2 atom stereocenters. The van der Waals surface area contributed by atoms with Crippen LogP contribution in [0.3, 0.4) is 0 Å². The maximum Gasteiger partial charge on any atom is 0.0236 e. The molecule has 0 amide bonds.